The van der Waals surface area contributed by atoms with Gasteiger partial charge in [0, 0.05) is 32.1 Å². The van der Waals surface area contributed by atoms with E-state index in [-0.39, 0.29) is 30.3 Å². The van der Waals surface area contributed by atoms with Crippen LogP contribution in [-0.4, -0.2) is 41.2 Å². The van der Waals surface area contributed by atoms with E-state index in [0.717, 1.165) is 5.56 Å². The van der Waals surface area contributed by atoms with E-state index in [4.69, 9.17) is 4.74 Å². The van der Waals surface area contributed by atoms with E-state index in [1.165, 1.54) is 12.1 Å². The van der Waals surface area contributed by atoms with Crippen LogP contribution in [0.3, 0.4) is 0 Å². The fourth-order valence-corrected chi connectivity index (χ4v) is 3.95. The van der Waals surface area contributed by atoms with Gasteiger partial charge in [0.1, 0.15) is 18.2 Å². The predicted octanol–water partition coefficient (Wildman–Crippen LogP) is 4.45. The summed E-state index contributed by atoms with van der Waals surface area (Å²) in [7, 11) is 0. The van der Waals surface area contributed by atoms with E-state index in [1.54, 1.807) is 48.2 Å². The largest absolute Gasteiger partial charge is 0.489 e. The van der Waals surface area contributed by atoms with E-state index >= 15 is 0 Å². The lowest BCUT2D eigenvalue weighted by molar-refractivity contribution is -0.131. The third-order valence-electron chi connectivity index (χ3n) is 5.65. The molecule has 5 nitrogen and oxygen atoms in total. The van der Waals surface area contributed by atoms with Crippen LogP contribution in [0.1, 0.15) is 34.5 Å². The SMILES string of the molecule is CC(=O)N1CCN(C(=O)c2cccc(OCc3cccc(F)c3)c2)[C@@H](c2ccccc2)C1. The molecule has 32 heavy (non-hydrogen) atoms. The van der Waals surface area contributed by atoms with Gasteiger partial charge in [-0.25, -0.2) is 4.39 Å². The molecule has 0 saturated carbocycles. The molecule has 0 bridgehead atoms. The number of nitrogens with zero attached hydrogens (tertiary/aromatic N) is 2. The molecule has 0 unspecified atom stereocenters. The lowest BCUT2D eigenvalue weighted by Crippen LogP contribution is -2.51. The van der Waals surface area contributed by atoms with Gasteiger partial charge in [-0.3, -0.25) is 9.59 Å². The quantitative estimate of drug-likeness (QED) is 0.599. The molecule has 1 atom stereocenters. The summed E-state index contributed by atoms with van der Waals surface area (Å²) >= 11 is 0. The molecule has 0 aromatic heterocycles. The number of benzene rings is 3. The Labute approximate surface area is 187 Å². The van der Waals surface area contributed by atoms with Crippen LogP contribution >= 0.6 is 0 Å². The molecule has 1 aliphatic heterocycles. The van der Waals surface area contributed by atoms with Crippen LogP contribution in [-0.2, 0) is 11.4 Å². The van der Waals surface area contributed by atoms with Crippen molar-refractivity contribution in [2.45, 2.75) is 19.6 Å². The van der Waals surface area contributed by atoms with Crippen LogP contribution in [0.15, 0.2) is 78.9 Å². The Morgan fingerprint density at radius 2 is 1.75 bits per heavy atom. The monoisotopic (exact) mass is 432 g/mol. The molecule has 2 amide bonds. The molecule has 0 radical (unpaired) electrons. The normalized spacial score (nSPS) is 16.0. The standard InChI is InChI=1S/C26H25FN2O3/c1-19(30)28-13-14-29(25(17-28)21-8-3-2-4-9-21)26(31)22-10-6-12-24(16-22)32-18-20-7-5-11-23(27)15-20/h2-12,15-16,25H,13-14,17-18H2,1H3/t25-/m1/s1. The van der Waals surface area contributed by atoms with Crippen molar-refractivity contribution in [1.82, 2.24) is 9.80 Å². The molecule has 3 aromatic carbocycles. The number of piperazine rings is 1. The Morgan fingerprint density at radius 3 is 2.50 bits per heavy atom. The average molecular weight is 432 g/mol. The molecular weight excluding hydrogens is 407 g/mol. The summed E-state index contributed by atoms with van der Waals surface area (Å²) in [6.45, 7) is 3.17. The molecule has 6 heteroatoms. The Kier molecular flexibility index (Phi) is 6.50. The Morgan fingerprint density at radius 1 is 0.969 bits per heavy atom. The fraction of sp³-hybridized carbons (Fsp3) is 0.231. The number of hydrogen-bond acceptors (Lipinski definition) is 3. The van der Waals surface area contributed by atoms with Gasteiger partial charge in [-0.15, -0.1) is 0 Å². The van der Waals surface area contributed by atoms with Crippen LogP contribution in [0.5, 0.6) is 5.75 Å². The minimum absolute atomic E-state index is 0.00535. The number of ether oxygens (including phenoxy) is 1. The zero-order chi connectivity index (χ0) is 22.5. The topological polar surface area (TPSA) is 49.9 Å². The van der Waals surface area contributed by atoms with Crippen molar-refractivity contribution < 1.29 is 18.7 Å². The second kappa shape index (κ2) is 9.64. The summed E-state index contributed by atoms with van der Waals surface area (Å²) in [6, 6.07) is 22.8. The van der Waals surface area contributed by atoms with Crippen LogP contribution in [0.2, 0.25) is 0 Å². The van der Waals surface area contributed by atoms with Gasteiger partial charge in [0.2, 0.25) is 5.91 Å². The van der Waals surface area contributed by atoms with Crippen molar-refractivity contribution in [2.24, 2.45) is 0 Å². The first-order valence-electron chi connectivity index (χ1n) is 10.6. The van der Waals surface area contributed by atoms with Crippen molar-refractivity contribution >= 4 is 11.8 Å². The van der Waals surface area contributed by atoms with Gasteiger partial charge in [-0.1, -0.05) is 48.5 Å². The minimum atomic E-state index is -0.313. The lowest BCUT2D eigenvalue weighted by Gasteiger charge is -2.41. The summed E-state index contributed by atoms with van der Waals surface area (Å²) < 4.78 is 19.2. The molecule has 1 fully saturated rings. The molecule has 164 valence electrons. The van der Waals surface area contributed by atoms with Gasteiger partial charge in [-0.05, 0) is 41.5 Å². The Balaban J connectivity index is 1.53. The van der Waals surface area contributed by atoms with Crippen molar-refractivity contribution in [2.75, 3.05) is 19.6 Å². The van der Waals surface area contributed by atoms with Gasteiger partial charge in [0.15, 0.2) is 0 Å². The molecule has 3 aromatic rings. The predicted molar refractivity (Wildman–Crippen MR) is 120 cm³/mol. The van der Waals surface area contributed by atoms with Crippen molar-refractivity contribution in [3.05, 3.63) is 101 Å². The van der Waals surface area contributed by atoms with E-state index < -0.39 is 0 Å². The third kappa shape index (κ3) is 4.97. The van der Waals surface area contributed by atoms with Crippen molar-refractivity contribution in [3.63, 3.8) is 0 Å². The van der Waals surface area contributed by atoms with Crippen LogP contribution < -0.4 is 4.74 Å². The minimum Gasteiger partial charge on any atom is -0.489 e. The zero-order valence-electron chi connectivity index (χ0n) is 17.9. The fourth-order valence-electron chi connectivity index (χ4n) is 3.95. The lowest BCUT2D eigenvalue weighted by atomic mass is 10.0. The van der Waals surface area contributed by atoms with E-state index in [9.17, 15) is 14.0 Å². The Hall–Kier alpha value is -3.67. The molecule has 1 aliphatic rings. The van der Waals surface area contributed by atoms with Crippen LogP contribution in [0.25, 0.3) is 0 Å². The molecule has 1 heterocycles. The molecule has 0 aliphatic carbocycles. The highest BCUT2D eigenvalue weighted by Gasteiger charge is 2.33. The summed E-state index contributed by atoms with van der Waals surface area (Å²) in [4.78, 5) is 29.0. The maximum atomic E-state index is 13.4. The average Bonchev–Trinajstić information content (AvgIpc) is 2.82. The second-order valence-corrected chi connectivity index (χ2v) is 7.84. The molecule has 4 rings (SSSR count). The van der Waals surface area contributed by atoms with E-state index in [2.05, 4.69) is 0 Å². The van der Waals surface area contributed by atoms with Gasteiger partial charge in [0.05, 0.1) is 6.04 Å². The molecule has 0 spiro atoms. The van der Waals surface area contributed by atoms with Crippen LogP contribution in [0.4, 0.5) is 4.39 Å². The highest BCUT2D eigenvalue weighted by molar-refractivity contribution is 5.95. The van der Waals surface area contributed by atoms with Gasteiger partial charge in [0.25, 0.3) is 5.91 Å². The van der Waals surface area contributed by atoms with Gasteiger partial charge < -0.3 is 14.5 Å². The van der Waals surface area contributed by atoms with E-state index in [1.807, 2.05) is 35.2 Å². The smallest absolute Gasteiger partial charge is 0.254 e. The summed E-state index contributed by atoms with van der Waals surface area (Å²) in [5.74, 6) is 0.120. The highest BCUT2D eigenvalue weighted by atomic mass is 19.1. The number of halogens is 1. The van der Waals surface area contributed by atoms with Gasteiger partial charge >= 0.3 is 0 Å². The van der Waals surface area contributed by atoms with Crippen molar-refractivity contribution in [3.8, 4) is 5.75 Å². The number of carbonyl (C=O) groups excluding carboxylic acids is 2. The third-order valence-corrected chi connectivity index (χ3v) is 5.65. The van der Waals surface area contributed by atoms with Gasteiger partial charge in [-0.2, -0.15) is 0 Å². The first kappa shape index (κ1) is 21.6. The van der Waals surface area contributed by atoms with Crippen molar-refractivity contribution in [1.29, 1.82) is 0 Å². The second-order valence-electron chi connectivity index (χ2n) is 7.84. The highest BCUT2D eigenvalue weighted by Crippen LogP contribution is 2.28. The zero-order valence-corrected chi connectivity index (χ0v) is 17.9. The number of carbonyl (C=O) groups is 2. The Bertz CT molecular complexity index is 1100. The first-order chi connectivity index (χ1) is 15.5. The van der Waals surface area contributed by atoms with Crippen LogP contribution in [0, 0.1) is 5.82 Å². The first-order valence-corrected chi connectivity index (χ1v) is 10.6. The maximum Gasteiger partial charge on any atom is 0.254 e. The number of amides is 2. The summed E-state index contributed by atoms with van der Waals surface area (Å²) in [6.07, 6.45) is 0. The maximum absolute atomic E-state index is 13.4. The molecule has 0 N–H and O–H groups in total. The summed E-state index contributed by atoms with van der Waals surface area (Å²) in [5.41, 5.74) is 2.22. The number of rotatable bonds is 5. The van der Waals surface area contributed by atoms with E-state index in [0.29, 0.717) is 36.5 Å². The summed E-state index contributed by atoms with van der Waals surface area (Å²) in [5, 5.41) is 0. The molecule has 1 saturated heterocycles. The molecular formula is C26H25FN2O3. The number of hydrogen-bond donors (Lipinski definition) is 0.